The second-order valence-electron chi connectivity index (χ2n) is 6.70. The maximum Gasteiger partial charge on any atom is 0.144 e. The lowest BCUT2D eigenvalue weighted by atomic mass is 10.2. The molecular weight excluding hydrogens is 300 g/mol. The van der Waals surface area contributed by atoms with Crippen molar-refractivity contribution in [3.05, 3.63) is 41.3 Å². The highest BCUT2D eigenvalue weighted by Crippen LogP contribution is 2.16. The highest BCUT2D eigenvalue weighted by Gasteiger charge is 2.17. The van der Waals surface area contributed by atoms with Crippen molar-refractivity contribution in [3.8, 4) is 6.07 Å². The van der Waals surface area contributed by atoms with Gasteiger partial charge in [0.1, 0.15) is 11.9 Å². The van der Waals surface area contributed by atoms with Crippen LogP contribution in [0.15, 0.2) is 24.4 Å². The fourth-order valence-corrected chi connectivity index (χ4v) is 3.16. The van der Waals surface area contributed by atoms with E-state index in [2.05, 4.69) is 45.9 Å². The molecule has 0 fully saturated rings. The zero-order valence-corrected chi connectivity index (χ0v) is 14.4. The summed E-state index contributed by atoms with van der Waals surface area (Å²) in [7, 11) is 0. The molecule has 0 radical (unpaired) electrons. The molecular formula is C18H24N6. The number of aromatic nitrogens is 3. The second kappa shape index (κ2) is 7.45. The molecule has 0 aromatic carbocycles. The molecule has 24 heavy (non-hydrogen) atoms. The van der Waals surface area contributed by atoms with Gasteiger partial charge in [-0.3, -0.25) is 9.58 Å². The monoisotopic (exact) mass is 324 g/mol. The van der Waals surface area contributed by atoms with Gasteiger partial charge < -0.3 is 5.32 Å². The molecule has 1 N–H and O–H groups in total. The summed E-state index contributed by atoms with van der Waals surface area (Å²) in [5.74, 6) is 1.29. The lowest BCUT2D eigenvalue weighted by Gasteiger charge is -2.21. The number of hydrogen-bond acceptors (Lipinski definition) is 5. The number of pyridine rings is 1. The van der Waals surface area contributed by atoms with Gasteiger partial charge in [-0.2, -0.15) is 10.4 Å². The van der Waals surface area contributed by atoms with Crippen molar-refractivity contribution in [2.75, 3.05) is 18.4 Å². The van der Waals surface area contributed by atoms with Crippen LogP contribution in [-0.4, -0.2) is 32.8 Å². The summed E-state index contributed by atoms with van der Waals surface area (Å²) in [5, 5.41) is 17.1. The van der Waals surface area contributed by atoms with E-state index < -0.39 is 0 Å². The molecule has 126 valence electrons. The van der Waals surface area contributed by atoms with E-state index in [-0.39, 0.29) is 0 Å². The van der Waals surface area contributed by atoms with Gasteiger partial charge in [0.25, 0.3) is 0 Å². The number of fused-ring (bicyclic) bond motifs is 1. The van der Waals surface area contributed by atoms with Crippen LogP contribution >= 0.6 is 0 Å². The molecule has 2 aromatic heterocycles. The smallest absolute Gasteiger partial charge is 0.144 e. The van der Waals surface area contributed by atoms with Crippen molar-refractivity contribution in [1.29, 1.82) is 5.26 Å². The van der Waals surface area contributed by atoms with E-state index in [9.17, 15) is 0 Å². The molecule has 0 saturated heterocycles. The Morgan fingerprint density at radius 1 is 1.38 bits per heavy atom. The van der Waals surface area contributed by atoms with Crippen molar-refractivity contribution in [3.63, 3.8) is 0 Å². The van der Waals surface area contributed by atoms with Crippen molar-refractivity contribution < 1.29 is 0 Å². The molecule has 0 atom stereocenters. The summed E-state index contributed by atoms with van der Waals surface area (Å²) >= 11 is 0. The van der Waals surface area contributed by atoms with E-state index in [1.54, 1.807) is 18.3 Å². The number of hydrogen-bond donors (Lipinski definition) is 1. The summed E-state index contributed by atoms with van der Waals surface area (Å²) < 4.78 is 2.13. The molecule has 0 amide bonds. The lowest BCUT2D eigenvalue weighted by Crippen LogP contribution is -2.27. The third-order valence-corrected chi connectivity index (χ3v) is 4.13. The molecule has 2 aromatic rings. The van der Waals surface area contributed by atoms with Crippen LogP contribution in [0.4, 0.5) is 5.82 Å². The summed E-state index contributed by atoms with van der Waals surface area (Å²) in [6.07, 6.45) is 2.82. The largest absolute Gasteiger partial charge is 0.363 e. The van der Waals surface area contributed by atoms with Crippen LogP contribution in [0.25, 0.3) is 0 Å². The second-order valence-corrected chi connectivity index (χ2v) is 6.70. The topological polar surface area (TPSA) is 69.8 Å². The van der Waals surface area contributed by atoms with Crippen molar-refractivity contribution in [2.24, 2.45) is 5.92 Å². The fraction of sp³-hybridized carbons (Fsp3) is 0.500. The summed E-state index contributed by atoms with van der Waals surface area (Å²) in [4.78, 5) is 6.74. The summed E-state index contributed by atoms with van der Waals surface area (Å²) in [5.41, 5.74) is 2.82. The van der Waals surface area contributed by atoms with Crippen LogP contribution in [0.3, 0.4) is 0 Å². The third-order valence-electron chi connectivity index (χ3n) is 4.13. The van der Waals surface area contributed by atoms with Gasteiger partial charge in [-0.05, 0) is 30.5 Å². The number of nitrogens with zero attached hydrogens (tertiary/aromatic N) is 5. The molecule has 3 rings (SSSR count). The Balaban J connectivity index is 1.68. The number of aryl methyl sites for hydroxylation is 1. The Bertz CT molecular complexity index is 727. The zero-order valence-electron chi connectivity index (χ0n) is 14.4. The van der Waals surface area contributed by atoms with Crippen LogP contribution < -0.4 is 5.32 Å². The van der Waals surface area contributed by atoms with Gasteiger partial charge in [0.2, 0.25) is 0 Å². The van der Waals surface area contributed by atoms with Crippen LogP contribution in [0.5, 0.6) is 0 Å². The predicted octanol–water partition coefficient (Wildman–Crippen LogP) is 2.62. The first kappa shape index (κ1) is 16.5. The number of anilines is 1. The maximum absolute atomic E-state index is 9.13. The Hall–Kier alpha value is -2.39. The molecule has 6 heteroatoms. The Morgan fingerprint density at radius 3 is 3.04 bits per heavy atom. The standard InChI is InChI=1S/C18H24N6/c1-14(2)12-23-7-4-8-24-17(13-23)9-16(22-24)11-21-18-15(10-19)5-3-6-20-18/h3,5-6,9,14H,4,7-8,11-13H2,1-2H3,(H,20,21). The quantitative estimate of drug-likeness (QED) is 0.915. The first-order valence-electron chi connectivity index (χ1n) is 8.52. The SMILES string of the molecule is CC(C)CN1CCCn2nc(CNc3ncccc3C#N)cc2C1. The minimum Gasteiger partial charge on any atom is -0.363 e. The molecule has 0 aliphatic carbocycles. The van der Waals surface area contributed by atoms with E-state index in [4.69, 9.17) is 10.4 Å². The minimum absolute atomic E-state index is 0.557. The van der Waals surface area contributed by atoms with Crippen LogP contribution in [0.2, 0.25) is 0 Å². The Labute approximate surface area is 143 Å². The molecule has 0 saturated carbocycles. The highest BCUT2D eigenvalue weighted by atomic mass is 15.3. The highest BCUT2D eigenvalue weighted by molar-refractivity contribution is 5.51. The molecule has 3 heterocycles. The molecule has 0 spiro atoms. The molecule has 0 unspecified atom stereocenters. The van der Waals surface area contributed by atoms with E-state index in [0.29, 0.717) is 23.8 Å². The van der Waals surface area contributed by atoms with Crippen LogP contribution in [-0.2, 0) is 19.6 Å². The summed E-state index contributed by atoms with van der Waals surface area (Å²) in [6, 6.07) is 7.86. The zero-order chi connectivity index (χ0) is 16.9. The molecule has 0 bridgehead atoms. The van der Waals surface area contributed by atoms with Gasteiger partial charge in [-0.15, -0.1) is 0 Å². The van der Waals surface area contributed by atoms with Gasteiger partial charge in [0.05, 0.1) is 23.5 Å². The van der Waals surface area contributed by atoms with Crippen molar-refractivity contribution >= 4 is 5.82 Å². The van der Waals surface area contributed by atoms with Gasteiger partial charge >= 0.3 is 0 Å². The van der Waals surface area contributed by atoms with E-state index in [0.717, 1.165) is 38.3 Å². The van der Waals surface area contributed by atoms with Gasteiger partial charge in [0.15, 0.2) is 0 Å². The van der Waals surface area contributed by atoms with E-state index in [1.807, 2.05) is 0 Å². The maximum atomic E-state index is 9.13. The number of nitriles is 1. The van der Waals surface area contributed by atoms with Gasteiger partial charge in [-0.25, -0.2) is 4.98 Å². The normalized spacial score (nSPS) is 14.9. The first-order valence-corrected chi connectivity index (χ1v) is 8.52. The van der Waals surface area contributed by atoms with E-state index >= 15 is 0 Å². The summed E-state index contributed by atoms with van der Waals surface area (Å²) in [6.45, 7) is 9.28. The third kappa shape index (κ3) is 3.92. The minimum atomic E-state index is 0.557. The number of nitrogens with one attached hydrogen (secondary N) is 1. The average Bonchev–Trinajstić information content (AvgIpc) is 2.85. The molecule has 1 aliphatic rings. The Morgan fingerprint density at radius 2 is 2.25 bits per heavy atom. The van der Waals surface area contributed by atoms with Crippen LogP contribution in [0.1, 0.15) is 37.2 Å². The fourth-order valence-electron chi connectivity index (χ4n) is 3.16. The number of rotatable bonds is 5. The van der Waals surface area contributed by atoms with Gasteiger partial charge in [0, 0.05) is 32.4 Å². The lowest BCUT2D eigenvalue weighted by molar-refractivity contribution is 0.240. The average molecular weight is 324 g/mol. The molecule has 6 nitrogen and oxygen atoms in total. The van der Waals surface area contributed by atoms with Crippen molar-refractivity contribution in [1.82, 2.24) is 19.7 Å². The van der Waals surface area contributed by atoms with Crippen molar-refractivity contribution in [2.45, 2.75) is 39.9 Å². The molecule has 1 aliphatic heterocycles. The first-order chi connectivity index (χ1) is 11.7. The van der Waals surface area contributed by atoms with Gasteiger partial charge in [-0.1, -0.05) is 13.8 Å². The predicted molar refractivity (Wildman–Crippen MR) is 93.2 cm³/mol. The van der Waals surface area contributed by atoms with E-state index in [1.165, 1.54) is 5.69 Å². The van der Waals surface area contributed by atoms with Crippen LogP contribution in [0, 0.1) is 17.2 Å². The Kier molecular flexibility index (Phi) is 5.11.